The molecule has 1 amide bonds. The zero-order valence-electron chi connectivity index (χ0n) is 7.63. The van der Waals surface area contributed by atoms with Gasteiger partial charge >= 0.3 is 0 Å². The van der Waals surface area contributed by atoms with E-state index in [0.717, 1.165) is 0 Å². The number of allylic oxidation sites excluding steroid dienone is 1. The van der Waals surface area contributed by atoms with Gasteiger partial charge in [0.2, 0.25) is 0 Å². The lowest BCUT2D eigenvalue weighted by Crippen LogP contribution is -2.28. The van der Waals surface area contributed by atoms with E-state index in [2.05, 4.69) is 10.1 Å². The van der Waals surface area contributed by atoms with Gasteiger partial charge in [0.05, 0.1) is 6.61 Å². The molecule has 0 aliphatic carbocycles. The Morgan fingerprint density at radius 1 is 1.69 bits per heavy atom. The van der Waals surface area contributed by atoms with E-state index in [9.17, 15) is 4.79 Å². The van der Waals surface area contributed by atoms with E-state index in [0.29, 0.717) is 13.2 Å². The lowest BCUT2D eigenvalue weighted by Gasteiger charge is -2.02. The molecular formula is C8H12N2O3. The molecule has 0 fully saturated rings. The standard InChI is InChI=1S/C8H12N2O3/c1-6(11)7(5-9)8(12)10-3-4-13-2/h11H,3-4H2,1-2H3,(H,10,12). The van der Waals surface area contributed by atoms with Crippen molar-refractivity contribution in [1.29, 1.82) is 5.26 Å². The van der Waals surface area contributed by atoms with Crippen LogP contribution in [0.15, 0.2) is 11.3 Å². The lowest BCUT2D eigenvalue weighted by atomic mass is 10.2. The van der Waals surface area contributed by atoms with Crippen LogP contribution >= 0.6 is 0 Å². The lowest BCUT2D eigenvalue weighted by molar-refractivity contribution is -0.117. The number of ether oxygens (including phenoxy) is 1. The van der Waals surface area contributed by atoms with Crippen molar-refractivity contribution in [3.63, 3.8) is 0 Å². The molecule has 72 valence electrons. The van der Waals surface area contributed by atoms with E-state index >= 15 is 0 Å². The first kappa shape index (κ1) is 11.5. The van der Waals surface area contributed by atoms with Gasteiger partial charge < -0.3 is 15.2 Å². The molecule has 0 saturated heterocycles. The third kappa shape index (κ3) is 4.13. The summed E-state index contributed by atoms with van der Waals surface area (Å²) in [5.74, 6) is -0.864. The van der Waals surface area contributed by atoms with Crippen molar-refractivity contribution < 1.29 is 14.6 Å². The van der Waals surface area contributed by atoms with E-state index in [1.54, 1.807) is 6.07 Å². The third-order valence-electron chi connectivity index (χ3n) is 1.29. The summed E-state index contributed by atoms with van der Waals surface area (Å²) in [5.41, 5.74) is -0.267. The second kappa shape index (κ2) is 6.03. The summed E-state index contributed by atoms with van der Waals surface area (Å²) in [6, 6.07) is 1.60. The fourth-order valence-electron chi connectivity index (χ4n) is 0.651. The smallest absolute Gasteiger partial charge is 0.265 e. The monoisotopic (exact) mass is 184 g/mol. The first-order valence-corrected chi connectivity index (χ1v) is 3.70. The Hall–Kier alpha value is -1.54. The Morgan fingerprint density at radius 2 is 2.31 bits per heavy atom. The minimum atomic E-state index is -0.584. The SMILES string of the molecule is COCCNC(=O)C(C#N)=C(C)O. The number of hydrogen-bond donors (Lipinski definition) is 2. The van der Waals surface area contributed by atoms with E-state index in [-0.39, 0.29) is 11.3 Å². The van der Waals surface area contributed by atoms with Crippen LogP contribution in [0.4, 0.5) is 0 Å². The second-order valence-electron chi connectivity index (χ2n) is 2.32. The Labute approximate surface area is 76.6 Å². The molecule has 0 radical (unpaired) electrons. The zero-order valence-corrected chi connectivity index (χ0v) is 7.63. The molecule has 0 aliphatic rings. The summed E-state index contributed by atoms with van der Waals surface area (Å²) in [4.78, 5) is 11.1. The molecule has 5 heteroatoms. The molecule has 0 rings (SSSR count). The van der Waals surface area contributed by atoms with Gasteiger partial charge in [-0.05, 0) is 6.92 Å². The van der Waals surface area contributed by atoms with Crippen molar-refractivity contribution >= 4 is 5.91 Å². The number of methoxy groups -OCH3 is 1. The summed E-state index contributed by atoms with van der Waals surface area (Å²) >= 11 is 0. The van der Waals surface area contributed by atoms with E-state index in [1.807, 2.05) is 0 Å². The summed E-state index contributed by atoms with van der Waals surface area (Å²) in [7, 11) is 1.50. The van der Waals surface area contributed by atoms with Crippen LogP contribution in [0.2, 0.25) is 0 Å². The molecule has 0 unspecified atom stereocenters. The third-order valence-corrected chi connectivity index (χ3v) is 1.29. The quantitative estimate of drug-likeness (QED) is 0.281. The first-order chi connectivity index (χ1) is 6.13. The average molecular weight is 184 g/mol. The molecular weight excluding hydrogens is 172 g/mol. The molecule has 2 N–H and O–H groups in total. The van der Waals surface area contributed by atoms with E-state index in [1.165, 1.54) is 14.0 Å². The molecule has 0 spiro atoms. The Bertz CT molecular complexity index is 249. The highest BCUT2D eigenvalue weighted by molar-refractivity contribution is 5.97. The molecule has 0 aliphatic heterocycles. The van der Waals surface area contributed by atoms with Crippen molar-refractivity contribution in [1.82, 2.24) is 5.32 Å². The molecule has 0 heterocycles. The van der Waals surface area contributed by atoms with Crippen molar-refractivity contribution in [3.05, 3.63) is 11.3 Å². The summed E-state index contributed by atoms with van der Waals surface area (Å²) in [6.45, 7) is 1.97. The highest BCUT2D eigenvalue weighted by Gasteiger charge is 2.10. The van der Waals surface area contributed by atoms with Gasteiger partial charge in [-0.25, -0.2) is 0 Å². The van der Waals surface area contributed by atoms with Gasteiger partial charge in [0.1, 0.15) is 11.8 Å². The van der Waals surface area contributed by atoms with Crippen LogP contribution in [0.3, 0.4) is 0 Å². The minimum Gasteiger partial charge on any atom is -0.511 e. The van der Waals surface area contributed by atoms with Gasteiger partial charge in [-0.3, -0.25) is 4.79 Å². The van der Waals surface area contributed by atoms with Gasteiger partial charge in [0.25, 0.3) is 5.91 Å². The van der Waals surface area contributed by atoms with Crippen molar-refractivity contribution in [2.24, 2.45) is 0 Å². The van der Waals surface area contributed by atoms with Crippen LogP contribution in [-0.4, -0.2) is 31.3 Å². The Morgan fingerprint density at radius 3 is 2.69 bits per heavy atom. The summed E-state index contributed by atoms with van der Waals surface area (Å²) in [5, 5.41) is 19.8. The number of amides is 1. The predicted octanol–water partition coefficient (Wildman–Crippen LogP) is 0.105. The minimum absolute atomic E-state index is 0.267. The molecule has 0 aromatic heterocycles. The van der Waals surface area contributed by atoms with Crippen molar-refractivity contribution in [3.8, 4) is 6.07 Å². The number of aliphatic hydroxyl groups excluding tert-OH is 1. The van der Waals surface area contributed by atoms with Crippen LogP contribution in [0.25, 0.3) is 0 Å². The number of hydrogen-bond acceptors (Lipinski definition) is 4. The van der Waals surface area contributed by atoms with Crippen LogP contribution in [0.1, 0.15) is 6.92 Å². The second-order valence-corrected chi connectivity index (χ2v) is 2.32. The van der Waals surface area contributed by atoms with Crippen LogP contribution < -0.4 is 5.32 Å². The normalized spacial score (nSPS) is 11.5. The average Bonchev–Trinajstić information content (AvgIpc) is 2.05. The van der Waals surface area contributed by atoms with Gasteiger partial charge in [-0.2, -0.15) is 5.26 Å². The van der Waals surface area contributed by atoms with Gasteiger partial charge in [0.15, 0.2) is 5.57 Å². The number of carbonyl (C=O) groups excluding carboxylic acids is 1. The molecule has 0 aromatic rings. The number of nitrogens with zero attached hydrogens (tertiary/aromatic N) is 1. The number of nitriles is 1. The number of rotatable bonds is 4. The highest BCUT2D eigenvalue weighted by Crippen LogP contribution is 1.98. The molecule has 0 bridgehead atoms. The molecule has 5 nitrogen and oxygen atoms in total. The maximum atomic E-state index is 11.1. The first-order valence-electron chi connectivity index (χ1n) is 3.70. The van der Waals surface area contributed by atoms with E-state index in [4.69, 9.17) is 10.4 Å². The van der Waals surface area contributed by atoms with Gasteiger partial charge in [-0.15, -0.1) is 0 Å². The fraction of sp³-hybridized carbons (Fsp3) is 0.500. The van der Waals surface area contributed by atoms with Gasteiger partial charge in [0, 0.05) is 13.7 Å². The Kier molecular flexibility index (Phi) is 5.32. The molecule has 13 heavy (non-hydrogen) atoms. The number of nitrogens with one attached hydrogen (secondary N) is 1. The zero-order chi connectivity index (χ0) is 10.3. The largest absolute Gasteiger partial charge is 0.511 e. The van der Waals surface area contributed by atoms with Crippen LogP contribution in [0, 0.1) is 11.3 Å². The molecule has 0 aromatic carbocycles. The van der Waals surface area contributed by atoms with Crippen LogP contribution in [0.5, 0.6) is 0 Å². The number of aliphatic hydroxyl groups is 1. The van der Waals surface area contributed by atoms with E-state index < -0.39 is 5.91 Å². The topological polar surface area (TPSA) is 82.3 Å². The summed E-state index contributed by atoms with van der Waals surface area (Å²) in [6.07, 6.45) is 0. The van der Waals surface area contributed by atoms with Crippen molar-refractivity contribution in [2.75, 3.05) is 20.3 Å². The molecule has 0 atom stereocenters. The van der Waals surface area contributed by atoms with Crippen LogP contribution in [-0.2, 0) is 9.53 Å². The summed E-state index contributed by atoms with van der Waals surface area (Å²) < 4.78 is 4.69. The maximum Gasteiger partial charge on any atom is 0.265 e. The van der Waals surface area contributed by atoms with Gasteiger partial charge in [-0.1, -0.05) is 0 Å². The Balaban J connectivity index is 4.12. The van der Waals surface area contributed by atoms with Crippen molar-refractivity contribution in [2.45, 2.75) is 6.92 Å². The fourth-order valence-corrected chi connectivity index (χ4v) is 0.651. The molecule has 0 saturated carbocycles. The predicted molar refractivity (Wildman–Crippen MR) is 45.8 cm³/mol. The maximum absolute atomic E-state index is 11.1. The highest BCUT2D eigenvalue weighted by atomic mass is 16.5. The number of carbonyl (C=O) groups is 1.